The second-order valence-corrected chi connectivity index (χ2v) is 6.90. The summed E-state index contributed by atoms with van der Waals surface area (Å²) in [5.41, 5.74) is 0.542. The number of halogens is 1. The van der Waals surface area contributed by atoms with Gasteiger partial charge in [0.2, 0.25) is 11.8 Å². The molecule has 1 atom stereocenters. The van der Waals surface area contributed by atoms with Gasteiger partial charge < -0.3 is 14.5 Å². The van der Waals surface area contributed by atoms with Crippen molar-refractivity contribution in [1.29, 1.82) is 0 Å². The quantitative estimate of drug-likeness (QED) is 0.794. The van der Waals surface area contributed by atoms with Crippen LogP contribution in [0.25, 0.3) is 0 Å². The van der Waals surface area contributed by atoms with E-state index >= 15 is 0 Å². The minimum absolute atomic E-state index is 0.103. The topological polar surface area (TPSA) is 49.9 Å². The van der Waals surface area contributed by atoms with E-state index in [1.165, 1.54) is 11.0 Å². The molecule has 0 bridgehead atoms. The van der Waals surface area contributed by atoms with Gasteiger partial charge in [0, 0.05) is 20.6 Å². The number of hydrogen-bond donors (Lipinski definition) is 0. The summed E-state index contributed by atoms with van der Waals surface area (Å²) >= 11 is 0. The number of rotatable bonds is 3. The third-order valence-corrected chi connectivity index (χ3v) is 4.88. The Bertz CT molecular complexity index is 670. The van der Waals surface area contributed by atoms with Gasteiger partial charge in [-0.25, -0.2) is 4.39 Å². The van der Waals surface area contributed by atoms with Crippen LogP contribution in [0.15, 0.2) is 18.2 Å². The average molecular weight is 334 g/mol. The summed E-state index contributed by atoms with van der Waals surface area (Å²) in [6.07, 6.45) is 0.938. The summed E-state index contributed by atoms with van der Waals surface area (Å²) in [4.78, 5) is 28.5. The number of hydrogen-bond acceptors (Lipinski definition) is 3. The highest BCUT2D eigenvalue weighted by atomic mass is 19.1. The van der Waals surface area contributed by atoms with E-state index < -0.39 is 5.41 Å². The molecule has 1 saturated heterocycles. The maximum absolute atomic E-state index is 13.5. The minimum Gasteiger partial charge on any atom is -0.370 e. The molecule has 0 aromatic heterocycles. The number of carbonyl (C=O) groups is 2. The molecule has 5 nitrogen and oxygen atoms in total. The summed E-state index contributed by atoms with van der Waals surface area (Å²) in [7, 11) is 3.36. The van der Waals surface area contributed by atoms with Crippen LogP contribution in [-0.4, -0.2) is 55.4 Å². The zero-order chi connectivity index (χ0) is 17.5. The van der Waals surface area contributed by atoms with E-state index in [0.29, 0.717) is 38.1 Å². The molecular formula is C18H23FN2O3. The lowest BCUT2D eigenvalue weighted by molar-refractivity contribution is -0.153. The van der Waals surface area contributed by atoms with Crippen molar-refractivity contribution in [2.75, 3.05) is 33.8 Å². The van der Waals surface area contributed by atoms with Gasteiger partial charge in [-0.2, -0.15) is 0 Å². The highest BCUT2D eigenvalue weighted by Crippen LogP contribution is 2.49. The van der Waals surface area contributed by atoms with E-state index in [1.807, 2.05) is 0 Å². The lowest BCUT2D eigenvalue weighted by Gasteiger charge is -2.35. The summed E-state index contributed by atoms with van der Waals surface area (Å²) < 4.78 is 19.2. The molecule has 1 aliphatic heterocycles. The van der Waals surface area contributed by atoms with Gasteiger partial charge in [-0.15, -0.1) is 0 Å². The first-order valence-electron chi connectivity index (χ1n) is 8.24. The van der Waals surface area contributed by atoms with Crippen molar-refractivity contribution in [2.24, 2.45) is 5.41 Å². The van der Waals surface area contributed by atoms with Gasteiger partial charge in [0.15, 0.2) is 0 Å². The van der Waals surface area contributed by atoms with Crippen molar-refractivity contribution in [3.05, 3.63) is 35.1 Å². The average Bonchev–Trinajstić information content (AvgIpc) is 3.37. The fourth-order valence-electron chi connectivity index (χ4n) is 3.28. The highest BCUT2D eigenvalue weighted by Gasteiger charge is 2.58. The molecule has 3 rings (SSSR count). The lowest BCUT2D eigenvalue weighted by Crippen LogP contribution is -2.49. The molecule has 1 unspecified atom stereocenters. The van der Waals surface area contributed by atoms with Crippen molar-refractivity contribution >= 4 is 11.8 Å². The second kappa shape index (κ2) is 6.16. The predicted molar refractivity (Wildman–Crippen MR) is 86.8 cm³/mol. The van der Waals surface area contributed by atoms with Crippen molar-refractivity contribution in [2.45, 2.75) is 25.9 Å². The Morgan fingerprint density at radius 1 is 1.33 bits per heavy atom. The van der Waals surface area contributed by atoms with Crippen LogP contribution in [0.3, 0.4) is 0 Å². The second-order valence-electron chi connectivity index (χ2n) is 6.90. The maximum atomic E-state index is 13.5. The first kappa shape index (κ1) is 16.9. The summed E-state index contributed by atoms with van der Waals surface area (Å²) in [5.74, 6) is -0.475. The molecule has 0 spiro atoms. The fourth-order valence-corrected chi connectivity index (χ4v) is 3.28. The number of morpholine rings is 1. The molecule has 24 heavy (non-hydrogen) atoms. The van der Waals surface area contributed by atoms with Crippen LogP contribution in [0.2, 0.25) is 0 Å². The molecule has 2 amide bonds. The van der Waals surface area contributed by atoms with Gasteiger partial charge in [0.05, 0.1) is 13.2 Å². The Morgan fingerprint density at radius 3 is 2.62 bits per heavy atom. The predicted octanol–water partition coefficient (Wildman–Crippen LogP) is 1.90. The third kappa shape index (κ3) is 2.90. The number of aryl methyl sites for hydroxylation is 1. The van der Waals surface area contributed by atoms with Crippen molar-refractivity contribution in [3.8, 4) is 0 Å². The van der Waals surface area contributed by atoms with Crippen LogP contribution >= 0.6 is 0 Å². The van der Waals surface area contributed by atoms with Gasteiger partial charge in [-0.1, -0.05) is 12.1 Å². The zero-order valence-corrected chi connectivity index (χ0v) is 14.3. The summed E-state index contributed by atoms with van der Waals surface area (Å²) in [5, 5.41) is 0. The first-order chi connectivity index (χ1) is 11.3. The number of nitrogens with zero attached hydrogens (tertiary/aromatic N) is 2. The Hall–Kier alpha value is -1.95. The molecule has 1 heterocycles. The molecule has 2 aliphatic rings. The molecule has 1 saturated carbocycles. The number of ether oxygens (including phenoxy) is 1. The van der Waals surface area contributed by atoms with E-state index in [2.05, 4.69) is 0 Å². The molecule has 1 aromatic rings. The van der Waals surface area contributed by atoms with E-state index in [1.54, 1.807) is 38.1 Å². The normalized spacial score (nSPS) is 22.2. The van der Waals surface area contributed by atoms with E-state index in [4.69, 9.17) is 4.74 Å². The first-order valence-corrected chi connectivity index (χ1v) is 8.24. The van der Waals surface area contributed by atoms with Gasteiger partial charge in [-0.05, 0) is 37.0 Å². The smallest absolute Gasteiger partial charge is 0.238 e. The van der Waals surface area contributed by atoms with Crippen LogP contribution < -0.4 is 0 Å². The molecule has 130 valence electrons. The summed E-state index contributed by atoms with van der Waals surface area (Å²) in [6.45, 7) is 3.00. The third-order valence-electron chi connectivity index (χ3n) is 4.88. The van der Waals surface area contributed by atoms with E-state index in [-0.39, 0.29) is 23.7 Å². The molecule has 0 N–H and O–H groups in total. The van der Waals surface area contributed by atoms with Crippen molar-refractivity contribution < 1.29 is 18.7 Å². The van der Waals surface area contributed by atoms with E-state index in [0.717, 1.165) is 5.56 Å². The molecule has 0 radical (unpaired) electrons. The SMILES string of the molecule is Cc1cc(C2CN(C(=O)C3(C(=O)N(C)C)CC3)CCO2)ccc1F. The highest BCUT2D eigenvalue weighted by molar-refractivity contribution is 6.07. The number of benzene rings is 1. The Kier molecular flexibility index (Phi) is 4.34. The molecule has 1 aliphatic carbocycles. The van der Waals surface area contributed by atoms with Gasteiger partial charge in [0.25, 0.3) is 0 Å². The van der Waals surface area contributed by atoms with Crippen LogP contribution in [0.1, 0.15) is 30.1 Å². The molecule has 6 heteroatoms. The van der Waals surface area contributed by atoms with Crippen LogP contribution in [0.5, 0.6) is 0 Å². The van der Waals surface area contributed by atoms with Crippen LogP contribution in [0.4, 0.5) is 4.39 Å². The van der Waals surface area contributed by atoms with Crippen LogP contribution in [-0.2, 0) is 14.3 Å². The molecule has 2 fully saturated rings. The number of amides is 2. The van der Waals surface area contributed by atoms with Gasteiger partial charge >= 0.3 is 0 Å². The standard InChI is InChI=1S/C18H23FN2O3/c1-12-10-13(4-5-14(12)19)15-11-21(8-9-24-15)17(23)18(6-7-18)16(22)20(2)3/h4-5,10,15H,6-9,11H2,1-3H3. The minimum atomic E-state index is -0.871. The maximum Gasteiger partial charge on any atom is 0.238 e. The van der Waals surface area contributed by atoms with Crippen molar-refractivity contribution in [3.63, 3.8) is 0 Å². The van der Waals surface area contributed by atoms with Gasteiger partial charge in [-0.3, -0.25) is 9.59 Å². The van der Waals surface area contributed by atoms with Crippen LogP contribution in [0, 0.1) is 18.2 Å². The largest absolute Gasteiger partial charge is 0.370 e. The summed E-state index contributed by atoms with van der Waals surface area (Å²) in [6, 6.07) is 4.87. The van der Waals surface area contributed by atoms with Gasteiger partial charge in [0.1, 0.15) is 17.3 Å². The monoisotopic (exact) mass is 334 g/mol. The van der Waals surface area contributed by atoms with Crippen molar-refractivity contribution in [1.82, 2.24) is 9.80 Å². The zero-order valence-electron chi connectivity index (χ0n) is 14.3. The Balaban J connectivity index is 1.75. The number of carbonyl (C=O) groups excluding carboxylic acids is 2. The molecular weight excluding hydrogens is 311 g/mol. The fraction of sp³-hybridized carbons (Fsp3) is 0.556. The molecule has 1 aromatic carbocycles. The Labute approximate surface area is 141 Å². The van der Waals surface area contributed by atoms with E-state index in [9.17, 15) is 14.0 Å². The lowest BCUT2D eigenvalue weighted by atomic mass is 10.0. The Morgan fingerprint density at radius 2 is 2.04 bits per heavy atom.